The molecule has 0 fully saturated rings. The molecule has 0 aliphatic carbocycles. The van der Waals surface area contributed by atoms with E-state index in [2.05, 4.69) is 10.6 Å². The van der Waals surface area contributed by atoms with Crippen molar-refractivity contribution in [3.8, 4) is 0 Å². The van der Waals surface area contributed by atoms with E-state index in [1.807, 2.05) is 19.1 Å². The third-order valence-electron chi connectivity index (χ3n) is 2.82. The molecule has 0 aliphatic rings. The number of benzene rings is 2. The lowest BCUT2D eigenvalue weighted by molar-refractivity contribution is 0.262. The topological polar surface area (TPSA) is 67.1 Å². The Morgan fingerprint density at radius 1 is 1.10 bits per heavy atom. The molecule has 0 saturated carbocycles. The standard InChI is InChI=1S/C15H16FN3O/c1-10(17)11-6-8-12(9-7-11)18-15(20)19-14-5-3-2-4-13(14)16/h2-10H,17H2,1H3,(H2,18,19,20). The molecule has 2 aromatic carbocycles. The van der Waals surface area contributed by atoms with E-state index in [1.165, 1.54) is 12.1 Å². The maximum Gasteiger partial charge on any atom is 0.323 e. The Kier molecular flexibility index (Phi) is 4.32. The van der Waals surface area contributed by atoms with Gasteiger partial charge in [0.15, 0.2) is 0 Å². The van der Waals surface area contributed by atoms with Crippen molar-refractivity contribution in [3.63, 3.8) is 0 Å². The highest BCUT2D eigenvalue weighted by molar-refractivity contribution is 5.99. The van der Waals surface area contributed by atoms with Gasteiger partial charge in [0.25, 0.3) is 0 Å². The number of carbonyl (C=O) groups excluding carboxylic acids is 1. The second-order valence-electron chi connectivity index (χ2n) is 4.47. The van der Waals surface area contributed by atoms with Gasteiger partial charge in [0, 0.05) is 11.7 Å². The van der Waals surface area contributed by atoms with E-state index in [4.69, 9.17) is 5.73 Å². The van der Waals surface area contributed by atoms with E-state index in [1.54, 1.807) is 24.3 Å². The zero-order valence-corrected chi connectivity index (χ0v) is 11.1. The Hall–Kier alpha value is -2.40. The molecule has 2 amide bonds. The zero-order valence-electron chi connectivity index (χ0n) is 11.1. The first-order chi connectivity index (χ1) is 9.56. The first-order valence-electron chi connectivity index (χ1n) is 6.24. The summed E-state index contributed by atoms with van der Waals surface area (Å²) in [5.74, 6) is -0.477. The smallest absolute Gasteiger partial charge is 0.323 e. The van der Waals surface area contributed by atoms with Gasteiger partial charge in [-0.25, -0.2) is 9.18 Å². The molecule has 0 bridgehead atoms. The molecule has 1 atom stereocenters. The Morgan fingerprint density at radius 2 is 1.75 bits per heavy atom. The Balaban J connectivity index is 1.99. The quantitative estimate of drug-likeness (QED) is 0.801. The number of urea groups is 1. The molecular weight excluding hydrogens is 257 g/mol. The van der Waals surface area contributed by atoms with E-state index in [9.17, 15) is 9.18 Å². The fraction of sp³-hybridized carbons (Fsp3) is 0.133. The van der Waals surface area contributed by atoms with Crippen LogP contribution in [0.15, 0.2) is 48.5 Å². The molecular formula is C15H16FN3O. The number of nitrogens with two attached hydrogens (primary N) is 1. The Labute approximate surface area is 116 Å². The molecule has 4 nitrogen and oxygen atoms in total. The second-order valence-corrected chi connectivity index (χ2v) is 4.47. The summed E-state index contributed by atoms with van der Waals surface area (Å²) in [6.07, 6.45) is 0. The Bertz CT molecular complexity index is 596. The highest BCUT2D eigenvalue weighted by atomic mass is 19.1. The van der Waals surface area contributed by atoms with Crippen LogP contribution in [0.2, 0.25) is 0 Å². The normalized spacial score (nSPS) is 11.8. The first-order valence-corrected chi connectivity index (χ1v) is 6.24. The van der Waals surface area contributed by atoms with Gasteiger partial charge < -0.3 is 16.4 Å². The van der Waals surface area contributed by atoms with Crippen LogP contribution in [0.3, 0.4) is 0 Å². The van der Waals surface area contributed by atoms with Crippen molar-refractivity contribution >= 4 is 17.4 Å². The lowest BCUT2D eigenvalue weighted by atomic mass is 10.1. The van der Waals surface area contributed by atoms with Gasteiger partial charge in [-0.1, -0.05) is 24.3 Å². The van der Waals surface area contributed by atoms with E-state index in [0.717, 1.165) is 5.56 Å². The van der Waals surface area contributed by atoms with Gasteiger partial charge in [0.05, 0.1) is 5.69 Å². The maximum absolute atomic E-state index is 13.4. The summed E-state index contributed by atoms with van der Waals surface area (Å²) < 4.78 is 13.4. The molecule has 0 heterocycles. The monoisotopic (exact) mass is 273 g/mol. The van der Waals surface area contributed by atoms with Gasteiger partial charge in [-0.05, 0) is 36.8 Å². The molecule has 0 spiro atoms. The minimum atomic E-state index is -0.497. The van der Waals surface area contributed by atoms with Crippen LogP contribution in [-0.2, 0) is 0 Å². The fourth-order valence-corrected chi connectivity index (χ4v) is 1.72. The van der Waals surface area contributed by atoms with Gasteiger partial charge in [-0.3, -0.25) is 0 Å². The third kappa shape index (κ3) is 3.55. The molecule has 0 radical (unpaired) electrons. The number of halogens is 1. The Morgan fingerprint density at radius 3 is 2.35 bits per heavy atom. The number of anilines is 2. The lowest BCUT2D eigenvalue weighted by Gasteiger charge is -2.10. The molecule has 104 valence electrons. The molecule has 20 heavy (non-hydrogen) atoms. The zero-order chi connectivity index (χ0) is 14.5. The number of carbonyl (C=O) groups is 1. The molecule has 2 rings (SSSR count). The van der Waals surface area contributed by atoms with Gasteiger partial charge in [-0.15, -0.1) is 0 Å². The van der Waals surface area contributed by atoms with Crippen molar-refractivity contribution in [1.29, 1.82) is 0 Å². The number of hydrogen-bond donors (Lipinski definition) is 3. The number of para-hydroxylation sites is 1. The highest BCUT2D eigenvalue weighted by Gasteiger charge is 2.06. The summed E-state index contributed by atoms with van der Waals surface area (Å²) in [4.78, 5) is 11.7. The number of hydrogen-bond acceptors (Lipinski definition) is 2. The summed E-state index contributed by atoms with van der Waals surface area (Å²) in [5, 5.41) is 5.07. The number of amides is 2. The fourth-order valence-electron chi connectivity index (χ4n) is 1.72. The maximum atomic E-state index is 13.4. The molecule has 2 aromatic rings. The van der Waals surface area contributed by atoms with Gasteiger partial charge in [-0.2, -0.15) is 0 Å². The predicted molar refractivity (Wildman–Crippen MR) is 78.1 cm³/mol. The van der Waals surface area contributed by atoms with Crippen LogP contribution in [0.25, 0.3) is 0 Å². The van der Waals surface area contributed by atoms with Gasteiger partial charge >= 0.3 is 6.03 Å². The molecule has 0 saturated heterocycles. The van der Waals surface area contributed by atoms with E-state index in [0.29, 0.717) is 5.69 Å². The van der Waals surface area contributed by atoms with E-state index < -0.39 is 11.8 Å². The number of nitrogens with one attached hydrogen (secondary N) is 2. The second kappa shape index (κ2) is 6.16. The molecule has 5 heteroatoms. The van der Waals surface area contributed by atoms with Gasteiger partial charge in [0.2, 0.25) is 0 Å². The van der Waals surface area contributed by atoms with Crippen LogP contribution >= 0.6 is 0 Å². The minimum absolute atomic E-state index is 0.0590. The average molecular weight is 273 g/mol. The molecule has 0 aromatic heterocycles. The SMILES string of the molecule is CC(N)c1ccc(NC(=O)Nc2ccccc2F)cc1. The van der Waals surface area contributed by atoms with Crippen LogP contribution in [0.4, 0.5) is 20.6 Å². The third-order valence-corrected chi connectivity index (χ3v) is 2.82. The van der Waals surface area contributed by atoms with Crippen LogP contribution in [-0.4, -0.2) is 6.03 Å². The summed E-state index contributed by atoms with van der Waals surface area (Å²) in [6, 6.07) is 12.6. The first kappa shape index (κ1) is 14.0. The predicted octanol–water partition coefficient (Wildman–Crippen LogP) is 3.49. The summed E-state index contributed by atoms with van der Waals surface area (Å²) in [5.41, 5.74) is 7.47. The number of rotatable bonds is 3. The summed E-state index contributed by atoms with van der Waals surface area (Å²) >= 11 is 0. The molecule has 1 unspecified atom stereocenters. The van der Waals surface area contributed by atoms with Crippen molar-refractivity contribution in [1.82, 2.24) is 0 Å². The van der Waals surface area contributed by atoms with Gasteiger partial charge in [0.1, 0.15) is 5.82 Å². The van der Waals surface area contributed by atoms with Crippen molar-refractivity contribution in [2.45, 2.75) is 13.0 Å². The highest BCUT2D eigenvalue weighted by Crippen LogP contribution is 2.16. The van der Waals surface area contributed by atoms with Crippen LogP contribution in [0, 0.1) is 5.82 Å². The van der Waals surface area contributed by atoms with Crippen molar-refractivity contribution in [3.05, 3.63) is 59.9 Å². The van der Waals surface area contributed by atoms with Crippen LogP contribution < -0.4 is 16.4 Å². The lowest BCUT2D eigenvalue weighted by Crippen LogP contribution is -2.20. The average Bonchev–Trinajstić information content (AvgIpc) is 2.42. The summed E-state index contributed by atoms with van der Waals surface area (Å²) in [7, 11) is 0. The van der Waals surface area contributed by atoms with E-state index in [-0.39, 0.29) is 11.7 Å². The van der Waals surface area contributed by atoms with Crippen molar-refractivity contribution in [2.75, 3.05) is 10.6 Å². The molecule has 4 N–H and O–H groups in total. The van der Waals surface area contributed by atoms with Crippen LogP contribution in [0.5, 0.6) is 0 Å². The van der Waals surface area contributed by atoms with Crippen molar-refractivity contribution < 1.29 is 9.18 Å². The minimum Gasteiger partial charge on any atom is -0.324 e. The van der Waals surface area contributed by atoms with E-state index >= 15 is 0 Å². The summed E-state index contributed by atoms with van der Waals surface area (Å²) in [6.45, 7) is 1.88. The van der Waals surface area contributed by atoms with Crippen LogP contribution in [0.1, 0.15) is 18.5 Å². The van der Waals surface area contributed by atoms with Crippen molar-refractivity contribution in [2.24, 2.45) is 5.73 Å². The largest absolute Gasteiger partial charge is 0.324 e. The molecule has 0 aliphatic heterocycles.